The van der Waals surface area contributed by atoms with Crippen LogP contribution in [0.5, 0.6) is 0 Å². The SMILES string of the molecule is CN(C)C1CCC(N2CCCc3cc(N=C(N)c4cccs4)ccc32)CC1. The Bertz CT molecular complexity index is 789. The zero-order chi connectivity index (χ0) is 18.8. The molecule has 2 aromatic rings. The molecule has 4 rings (SSSR count). The van der Waals surface area contributed by atoms with Crippen LogP contribution in [-0.2, 0) is 6.42 Å². The van der Waals surface area contributed by atoms with Gasteiger partial charge in [-0.1, -0.05) is 6.07 Å². The monoisotopic (exact) mass is 382 g/mol. The lowest BCUT2D eigenvalue weighted by atomic mass is 9.87. The van der Waals surface area contributed by atoms with Gasteiger partial charge in [-0.05, 0) is 87.8 Å². The number of nitrogens with zero attached hydrogens (tertiary/aromatic N) is 3. The average Bonchev–Trinajstić information content (AvgIpc) is 3.22. The van der Waals surface area contributed by atoms with Gasteiger partial charge in [-0.15, -0.1) is 11.3 Å². The number of benzene rings is 1. The van der Waals surface area contributed by atoms with Crippen molar-refractivity contribution in [2.45, 2.75) is 50.6 Å². The van der Waals surface area contributed by atoms with Crippen molar-refractivity contribution in [3.05, 3.63) is 46.2 Å². The summed E-state index contributed by atoms with van der Waals surface area (Å²) >= 11 is 1.63. The van der Waals surface area contributed by atoms with E-state index >= 15 is 0 Å². The van der Waals surface area contributed by atoms with Crippen LogP contribution in [0.1, 0.15) is 42.5 Å². The second-order valence-corrected chi connectivity index (χ2v) is 8.96. The number of anilines is 1. The van der Waals surface area contributed by atoms with Crippen molar-refractivity contribution in [2.24, 2.45) is 10.7 Å². The molecule has 1 aliphatic heterocycles. The lowest BCUT2D eigenvalue weighted by molar-refractivity contribution is 0.213. The number of nitrogens with two attached hydrogens (primary N) is 1. The molecule has 1 aromatic carbocycles. The highest BCUT2D eigenvalue weighted by Crippen LogP contribution is 2.36. The van der Waals surface area contributed by atoms with E-state index in [1.807, 2.05) is 17.5 Å². The predicted octanol–water partition coefficient (Wildman–Crippen LogP) is 4.41. The Morgan fingerprint density at radius 1 is 1.19 bits per heavy atom. The first-order valence-electron chi connectivity index (χ1n) is 10.1. The molecule has 1 saturated carbocycles. The molecule has 2 aliphatic rings. The summed E-state index contributed by atoms with van der Waals surface area (Å²) in [5, 5.41) is 2.04. The summed E-state index contributed by atoms with van der Waals surface area (Å²) in [5.41, 5.74) is 9.99. The zero-order valence-electron chi connectivity index (χ0n) is 16.4. The van der Waals surface area contributed by atoms with E-state index in [-0.39, 0.29) is 0 Å². The molecule has 0 spiro atoms. The van der Waals surface area contributed by atoms with Gasteiger partial charge in [-0.3, -0.25) is 0 Å². The van der Waals surface area contributed by atoms with E-state index in [2.05, 4.69) is 47.1 Å². The van der Waals surface area contributed by atoms with Crippen LogP contribution < -0.4 is 10.6 Å². The maximum atomic E-state index is 6.18. The minimum Gasteiger partial charge on any atom is -0.383 e. The van der Waals surface area contributed by atoms with Gasteiger partial charge < -0.3 is 15.5 Å². The van der Waals surface area contributed by atoms with Crippen LogP contribution in [-0.4, -0.2) is 43.5 Å². The van der Waals surface area contributed by atoms with Gasteiger partial charge in [0.15, 0.2) is 0 Å². The third-order valence-corrected chi connectivity index (χ3v) is 6.97. The Balaban J connectivity index is 1.51. The first-order valence-corrected chi connectivity index (χ1v) is 10.9. The van der Waals surface area contributed by atoms with Gasteiger partial charge in [0.25, 0.3) is 0 Å². The summed E-state index contributed by atoms with van der Waals surface area (Å²) in [6, 6.07) is 12.1. The zero-order valence-corrected chi connectivity index (χ0v) is 17.2. The Morgan fingerprint density at radius 2 is 2.00 bits per heavy atom. The van der Waals surface area contributed by atoms with Crippen molar-refractivity contribution in [3.8, 4) is 0 Å². The Labute approximate surface area is 166 Å². The maximum absolute atomic E-state index is 6.18. The molecule has 27 heavy (non-hydrogen) atoms. The summed E-state index contributed by atoms with van der Waals surface area (Å²) in [4.78, 5) is 10.8. The van der Waals surface area contributed by atoms with E-state index in [1.54, 1.807) is 11.3 Å². The van der Waals surface area contributed by atoms with Gasteiger partial charge in [0, 0.05) is 24.3 Å². The Kier molecular flexibility index (Phi) is 5.50. The number of aliphatic imine (C=N–C) groups is 1. The molecule has 1 aliphatic carbocycles. The predicted molar refractivity (Wildman–Crippen MR) is 117 cm³/mol. The molecule has 0 saturated heterocycles. The largest absolute Gasteiger partial charge is 0.383 e. The smallest absolute Gasteiger partial charge is 0.141 e. The topological polar surface area (TPSA) is 44.9 Å². The molecular weight excluding hydrogens is 352 g/mol. The molecule has 0 atom stereocenters. The van der Waals surface area contributed by atoms with Crippen LogP contribution in [0.15, 0.2) is 40.7 Å². The molecule has 2 heterocycles. The van der Waals surface area contributed by atoms with E-state index < -0.39 is 0 Å². The highest BCUT2D eigenvalue weighted by molar-refractivity contribution is 7.12. The molecule has 0 unspecified atom stereocenters. The standard InChI is InChI=1S/C22H30N4S/c1-25(2)18-8-10-19(11-9-18)26-13-3-5-16-15-17(7-12-20(16)26)24-22(23)21-6-4-14-27-21/h4,6-7,12,14-15,18-19H,3,5,8-11,13H2,1-2H3,(H2,23,24). The van der Waals surface area contributed by atoms with Crippen LogP contribution in [0.3, 0.4) is 0 Å². The van der Waals surface area contributed by atoms with Gasteiger partial charge in [0.2, 0.25) is 0 Å². The summed E-state index contributed by atoms with van der Waals surface area (Å²) in [7, 11) is 4.43. The number of hydrogen-bond acceptors (Lipinski definition) is 4. The lowest BCUT2D eigenvalue weighted by Crippen LogP contribution is -2.44. The van der Waals surface area contributed by atoms with Crippen molar-refractivity contribution in [1.82, 2.24) is 4.90 Å². The molecule has 0 radical (unpaired) electrons. The first-order chi connectivity index (χ1) is 13.1. The number of rotatable bonds is 4. The Hall–Kier alpha value is -1.85. The highest BCUT2D eigenvalue weighted by Gasteiger charge is 2.29. The minimum absolute atomic E-state index is 0.611. The number of amidine groups is 1. The molecule has 0 amide bonds. The van der Waals surface area contributed by atoms with Crippen LogP contribution in [0.25, 0.3) is 0 Å². The number of fused-ring (bicyclic) bond motifs is 1. The number of aryl methyl sites for hydroxylation is 1. The molecule has 1 aromatic heterocycles. The quantitative estimate of drug-likeness (QED) is 0.629. The fourth-order valence-electron chi connectivity index (χ4n) is 4.57. The van der Waals surface area contributed by atoms with E-state index in [0.29, 0.717) is 11.9 Å². The minimum atomic E-state index is 0.611. The third-order valence-electron chi connectivity index (χ3n) is 6.08. The van der Waals surface area contributed by atoms with Crippen LogP contribution in [0, 0.1) is 0 Å². The van der Waals surface area contributed by atoms with E-state index in [4.69, 9.17) is 5.73 Å². The summed E-state index contributed by atoms with van der Waals surface area (Å²) in [6.07, 6.45) is 7.59. The van der Waals surface area contributed by atoms with E-state index in [0.717, 1.165) is 23.0 Å². The normalized spacial score (nSPS) is 23.5. The second kappa shape index (κ2) is 8.03. The van der Waals surface area contributed by atoms with Crippen molar-refractivity contribution < 1.29 is 0 Å². The second-order valence-electron chi connectivity index (χ2n) is 8.01. The molecule has 144 valence electrons. The third kappa shape index (κ3) is 4.04. The van der Waals surface area contributed by atoms with E-state index in [1.165, 1.54) is 49.9 Å². The van der Waals surface area contributed by atoms with Gasteiger partial charge in [0.05, 0.1) is 10.6 Å². The van der Waals surface area contributed by atoms with Crippen molar-refractivity contribution in [2.75, 3.05) is 25.5 Å². The molecular formula is C22H30N4S. The molecule has 2 N–H and O–H groups in total. The summed E-state index contributed by atoms with van der Waals surface area (Å²) in [5.74, 6) is 0.611. The molecule has 5 heteroatoms. The van der Waals surface area contributed by atoms with Crippen LogP contribution in [0.4, 0.5) is 11.4 Å². The maximum Gasteiger partial charge on any atom is 0.141 e. The fraction of sp³-hybridized carbons (Fsp3) is 0.500. The Morgan fingerprint density at radius 3 is 2.70 bits per heavy atom. The molecule has 1 fully saturated rings. The van der Waals surface area contributed by atoms with Gasteiger partial charge >= 0.3 is 0 Å². The van der Waals surface area contributed by atoms with Gasteiger partial charge in [-0.2, -0.15) is 0 Å². The highest BCUT2D eigenvalue weighted by atomic mass is 32.1. The van der Waals surface area contributed by atoms with Crippen molar-refractivity contribution >= 4 is 28.5 Å². The molecule has 0 bridgehead atoms. The van der Waals surface area contributed by atoms with Crippen LogP contribution >= 0.6 is 11.3 Å². The summed E-state index contributed by atoms with van der Waals surface area (Å²) in [6.45, 7) is 1.18. The van der Waals surface area contributed by atoms with Crippen molar-refractivity contribution in [1.29, 1.82) is 0 Å². The van der Waals surface area contributed by atoms with Gasteiger partial charge in [-0.25, -0.2) is 4.99 Å². The van der Waals surface area contributed by atoms with Crippen LogP contribution in [0.2, 0.25) is 0 Å². The average molecular weight is 383 g/mol. The van der Waals surface area contributed by atoms with E-state index in [9.17, 15) is 0 Å². The van der Waals surface area contributed by atoms with Crippen molar-refractivity contribution in [3.63, 3.8) is 0 Å². The van der Waals surface area contributed by atoms with Gasteiger partial charge in [0.1, 0.15) is 5.84 Å². The fourth-order valence-corrected chi connectivity index (χ4v) is 5.19. The lowest BCUT2D eigenvalue weighted by Gasteiger charge is -2.42. The first kappa shape index (κ1) is 18.5. The summed E-state index contributed by atoms with van der Waals surface area (Å²) < 4.78 is 0. The number of thiophene rings is 1. The number of hydrogen-bond donors (Lipinski definition) is 1. The molecule has 4 nitrogen and oxygen atoms in total.